The van der Waals surface area contributed by atoms with Gasteiger partial charge in [0.25, 0.3) is 5.91 Å². The number of benzene rings is 1. The number of nitrogens with one attached hydrogen (secondary N) is 1. The lowest BCUT2D eigenvalue weighted by Crippen LogP contribution is -2.27. The Hall–Kier alpha value is -1.87. The largest absolute Gasteiger partial charge is 0.345 e. The maximum Gasteiger partial charge on any atom is 0.254 e. The molecule has 2 rings (SSSR count). The number of rotatable bonds is 3. The molecule has 1 atom stereocenters. The van der Waals surface area contributed by atoms with E-state index in [1.165, 1.54) is 0 Å². The molecule has 0 fully saturated rings. The zero-order valence-corrected chi connectivity index (χ0v) is 11.6. The Bertz CT molecular complexity index is 598. The highest BCUT2D eigenvalue weighted by atomic mass is 35.5. The Labute approximate surface area is 117 Å². The zero-order valence-electron chi connectivity index (χ0n) is 10.9. The molecule has 0 bridgehead atoms. The summed E-state index contributed by atoms with van der Waals surface area (Å²) >= 11 is 5.91. The lowest BCUT2D eigenvalue weighted by molar-refractivity contribution is 0.0939. The minimum atomic E-state index is -0.214. The van der Waals surface area contributed by atoms with Gasteiger partial charge < -0.3 is 5.32 Å². The molecule has 3 nitrogen and oxygen atoms in total. The van der Waals surface area contributed by atoms with Crippen LogP contribution in [0, 0.1) is 6.92 Å². The van der Waals surface area contributed by atoms with E-state index >= 15 is 0 Å². The lowest BCUT2D eigenvalue weighted by Gasteiger charge is -2.16. The quantitative estimate of drug-likeness (QED) is 0.870. The molecule has 0 aliphatic rings. The topological polar surface area (TPSA) is 42.0 Å². The monoisotopic (exact) mass is 274 g/mol. The first-order chi connectivity index (χ1) is 9.09. The van der Waals surface area contributed by atoms with Crippen molar-refractivity contribution >= 4 is 17.5 Å². The summed E-state index contributed by atoms with van der Waals surface area (Å²) in [7, 11) is 0. The molecule has 19 heavy (non-hydrogen) atoms. The Morgan fingerprint density at radius 3 is 2.68 bits per heavy atom. The van der Waals surface area contributed by atoms with E-state index in [4.69, 9.17) is 11.6 Å². The number of halogens is 1. The summed E-state index contributed by atoms with van der Waals surface area (Å²) in [6.45, 7) is 3.97. The van der Waals surface area contributed by atoms with Crippen molar-refractivity contribution in [2.24, 2.45) is 0 Å². The van der Waals surface area contributed by atoms with E-state index in [1.807, 2.05) is 38.1 Å². The highest BCUT2D eigenvalue weighted by Crippen LogP contribution is 2.18. The van der Waals surface area contributed by atoms with Crippen LogP contribution in [0.25, 0.3) is 0 Å². The van der Waals surface area contributed by atoms with Crippen LogP contribution in [0.2, 0.25) is 5.15 Å². The predicted octanol–water partition coefficient (Wildman–Crippen LogP) is 3.53. The standard InChI is InChI=1S/C15H15ClN2O/c1-10-6-3-4-7-12(10)11(2)18-15(19)13-8-5-9-17-14(13)16/h3-9,11H,1-2H3,(H,18,19). The fraction of sp³-hybridized carbons (Fsp3) is 0.200. The van der Waals surface area contributed by atoms with Gasteiger partial charge in [-0.25, -0.2) is 4.98 Å². The maximum atomic E-state index is 12.1. The molecule has 2 aromatic rings. The fourth-order valence-electron chi connectivity index (χ4n) is 1.98. The Kier molecular flexibility index (Phi) is 4.17. The van der Waals surface area contributed by atoms with Gasteiger partial charge in [0.1, 0.15) is 5.15 Å². The van der Waals surface area contributed by atoms with E-state index in [0.29, 0.717) is 5.56 Å². The molecule has 1 unspecified atom stereocenters. The fourth-order valence-corrected chi connectivity index (χ4v) is 2.19. The van der Waals surface area contributed by atoms with Crippen molar-refractivity contribution in [3.05, 3.63) is 64.4 Å². The summed E-state index contributed by atoms with van der Waals surface area (Å²) in [4.78, 5) is 16.0. The first-order valence-corrected chi connectivity index (χ1v) is 6.44. The van der Waals surface area contributed by atoms with Gasteiger partial charge in [-0.2, -0.15) is 0 Å². The summed E-state index contributed by atoms with van der Waals surface area (Å²) in [5, 5.41) is 3.15. The van der Waals surface area contributed by atoms with Crippen molar-refractivity contribution in [3.63, 3.8) is 0 Å². The molecule has 1 heterocycles. The second-order valence-corrected chi connectivity index (χ2v) is 4.75. The number of aromatic nitrogens is 1. The zero-order chi connectivity index (χ0) is 13.8. The molecule has 98 valence electrons. The van der Waals surface area contributed by atoms with Gasteiger partial charge in [-0.15, -0.1) is 0 Å². The number of hydrogen-bond donors (Lipinski definition) is 1. The van der Waals surface area contributed by atoms with Crippen LogP contribution in [0.15, 0.2) is 42.6 Å². The predicted molar refractivity (Wildman–Crippen MR) is 76.3 cm³/mol. The van der Waals surface area contributed by atoms with Gasteiger partial charge in [-0.05, 0) is 37.1 Å². The van der Waals surface area contributed by atoms with E-state index in [0.717, 1.165) is 11.1 Å². The molecule has 0 saturated heterocycles. The van der Waals surface area contributed by atoms with Crippen molar-refractivity contribution in [3.8, 4) is 0 Å². The first kappa shape index (κ1) is 13.6. The van der Waals surface area contributed by atoms with Crippen LogP contribution in [0.5, 0.6) is 0 Å². The van der Waals surface area contributed by atoms with Crippen LogP contribution in [0.1, 0.15) is 34.5 Å². The van der Waals surface area contributed by atoms with E-state index in [1.54, 1.807) is 18.3 Å². The van der Waals surface area contributed by atoms with Gasteiger partial charge in [-0.1, -0.05) is 35.9 Å². The van der Waals surface area contributed by atoms with Crippen LogP contribution in [-0.4, -0.2) is 10.9 Å². The number of hydrogen-bond acceptors (Lipinski definition) is 2. The van der Waals surface area contributed by atoms with E-state index in [9.17, 15) is 4.79 Å². The normalized spacial score (nSPS) is 11.9. The van der Waals surface area contributed by atoms with Crippen LogP contribution < -0.4 is 5.32 Å². The highest BCUT2D eigenvalue weighted by Gasteiger charge is 2.15. The molecule has 0 radical (unpaired) electrons. The maximum absolute atomic E-state index is 12.1. The average Bonchev–Trinajstić information content (AvgIpc) is 2.39. The van der Waals surface area contributed by atoms with Gasteiger partial charge >= 0.3 is 0 Å². The van der Waals surface area contributed by atoms with E-state index in [2.05, 4.69) is 10.3 Å². The average molecular weight is 275 g/mol. The summed E-state index contributed by atoms with van der Waals surface area (Å²) in [5.74, 6) is -0.214. The third kappa shape index (κ3) is 3.12. The molecule has 1 aromatic carbocycles. The molecule has 4 heteroatoms. The lowest BCUT2D eigenvalue weighted by atomic mass is 10.0. The first-order valence-electron chi connectivity index (χ1n) is 6.06. The Morgan fingerprint density at radius 1 is 1.26 bits per heavy atom. The summed E-state index contributed by atoms with van der Waals surface area (Å²) in [5.41, 5.74) is 2.63. The number of carbonyl (C=O) groups excluding carboxylic acids is 1. The number of amides is 1. The summed E-state index contributed by atoms with van der Waals surface area (Å²) < 4.78 is 0. The number of nitrogens with zero attached hydrogens (tertiary/aromatic N) is 1. The molecule has 1 amide bonds. The van der Waals surface area contributed by atoms with E-state index in [-0.39, 0.29) is 17.1 Å². The number of carbonyl (C=O) groups is 1. The van der Waals surface area contributed by atoms with Crippen LogP contribution >= 0.6 is 11.6 Å². The van der Waals surface area contributed by atoms with Crippen LogP contribution in [0.3, 0.4) is 0 Å². The van der Waals surface area contributed by atoms with Gasteiger partial charge in [0, 0.05) is 6.20 Å². The second-order valence-electron chi connectivity index (χ2n) is 4.39. The SMILES string of the molecule is Cc1ccccc1C(C)NC(=O)c1cccnc1Cl. The molecule has 0 spiro atoms. The van der Waals surface area contributed by atoms with Crippen LogP contribution in [-0.2, 0) is 0 Å². The summed E-state index contributed by atoms with van der Waals surface area (Å²) in [6.07, 6.45) is 1.56. The molecular weight excluding hydrogens is 260 g/mol. The van der Waals surface area contributed by atoms with Gasteiger partial charge in [0.05, 0.1) is 11.6 Å². The van der Waals surface area contributed by atoms with Crippen molar-refractivity contribution in [1.29, 1.82) is 0 Å². The number of aryl methyl sites for hydroxylation is 1. The van der Waals surface area contributed by atoms with E-state index < -0.39 is 0 Å². The third-order valence-electron chi connectivity index (χ3n) is 3.01. The minimum absolute atomic E-state index is 0.0787. The summed E-state index contributed by atoms with van der Waals surface area (Å²) in [6, 6.07) is 11.2. The van der Waals surface area contributed by atoms with Crippen molar-refractivity contribution in [2.75, 3.05) is 0 Å². The van der Waals surface area contributed by atoms with Crippen molar-refractivity contribution < 1.29 is 4.79 Å². The highest BCUT2D eigenvalue weighted by molar-refractivity contribution is 6.32. The Morgan fingerprint density at radius 2 is 2.00 bits per heavy atom. The molecule has 1 aromatic heterocycles. The molecule has 0 aliphatic carbocycles. The molecular formula is C15H15ClN2O. The Balaban J connectivity index is 2.16. The molecule has 0 saturated carbocycles. The van der Waals surface area contributed by atoms with Crippen molar-refractivity contribution in [1.82, 2.24) is 10.3 Å². The van der Waals surface area contributed by atoms with Gasteiger partial charge in [0.15, 0.2) is 0 Å². The van der Waals surface area contributed by atoms with Gasteiger partial charge in [-0.3, -0.25) is 4.79 Å². The third-order valence-corrected chi connectivity index (χ3v) is 3.31. The minimum Gasteiger partial charge on any atom is -0.345 e. The molecule has 1 N–H and O–H groups in total. The van der Waals surface area contributed by atoms with Gasteiger partial charge in [0.2, 0.25) is 0 Å². The molecule has 0 aliphatic heterocycles. The number of pyridine rings is 1. The van der Waals surface area contributed by atoms with Crippen LogP contribution in [0.4, 0.5) is 0 Å². The van der Waals surface area contributed by atoms with Crippen molar-refractivity contribution in [2.45, 2.75) is 19.9 Å². The smallest absolute Gasteiger partial charge is 0.254 e. The second kappa shape index (κ2) is 5.85.